The summed E-state index contributed by atoms with van der Waals surface area (Å²) in [5.41, 5.74) is 1.52. The number of piperidine rings is 1. The third kappa shape index (κ3) is 4.48. The Balaban J connectivity index is 1.66. The number of halogens is 1. The fourth-order valence-corrected chi connectivity index (χ4v) is 5.00. The maximum absolute atomic E-state index is 12.7. The molecule has 1 N–H and O–H groups in total. The van der Waals surface area contributed by atoms with Crippen LogP contribution in [0, 0.1) is 5.92 Å². The summed E-state index contributed by atoms with van der Waals surface area (Å²) in [6.45, 7) is 0.650. The van der Waals surface area contributed by atoms with Gasteiger partial charge in [-0.25, -0.2) is 8.42 Å². The summed E-state index contributed by atoms with van der Waals surface area (Å²) in [5.74, 6) is -0.349. The van der Waals surface area contributed by atoms with E-state index in [9.17, 15) is 13.2 Å². The van der Waals surface area contributed by atoms with Crippen LogP contribution in [-0.2, 0) is 14.8 Å². The van der Waals surface area contributed by atoms with Gasteiger partial charge in [0.1, 0.15) is 0 Å². The van der Waals surface area contributed by atoms with E-state index in [-0.39, 0.29) is 16.7 Å². The molecule has 2 aromatic rings. The van der Waals surface area contributed by atoms with Crippen LogP contribution >= 0.6 is 11.6 Å². The van der Waals surface area contributed by atoms with Gasteiger partial charge in [-0.05, 0) is 43.2 Å². The van der Waals surface area contributed by atoms with Gasteiger partial charge in [-0.3, -0.25) is 4.79 Å². The highest BCUT2D eigenvalue weighted by atomic mass is 35.5. The molecule has 1 aliphatic heterocycles. The van der Waals surface area contributed by atoms with Crippen molar-refractivity contribution in [1.29, 1.82) is 0 Å². The first kappa shape index (κ1) is 20.6. The minimum absolute atomic E-state index is 0.109. The van der Waals surface area contributed by atoms with Gasteiger partial charge < -0.3 is 10.2 Å². The molecule has 1 saturated heterocycles. The molecule has 0 spiro atoms. The smallest absolute Gasteiger partial charge is 0.243 e. The first-order chi connectivity index (χ1) is 13.3. The first-order valence-corrected chi connectivity index (χ1v) is 10.9. The van der Waals surface area contributed by atoms with Gasteiger partial charge >= 0.3 is 0 Å². The molecule has 28 heavy (non-hydrogen) atoms. The maximum Gasteiger partial charge on any atom is 0.243 e. The lowest BCUT2D eigenvalue weighted by Crippen LogP contribution is -2.41. The predicted octanol–water partition coefficient (Wildman–Crippen LogP) is 3.45. The number of benzene rings is 2. The fourth-order valence-electron chi connectivity index (χ4n) is 3.33. The molecule has 150 valence electrons. The lowest BCUT2D eigenvalue weighted by Gasteiger charge is -2.31. The molecule has 2 aromatic carbocycles. The highest BCUT2D eigenvalue weighted by Gasteiger charge is 2.32. The molecule has 8 heteroatoms. The lowest BCUT2D eigenvalue weighted by molar-refractivity contribution is -0.120. The average Bonchev–Trinajstić information content (AvgIpc) is 2.68. The van der Waals surface area contributed by atoms with Gasteiger partial charge in [0, 0.05) is 38.1 Å². The highest BCUT2D eigenvalue weighted by molar-refractivity contribution is 7.89. The van der Waals surface area contributed by atoms with E-state index in [1.54, 1.807) is 42.5 Å². The van der Waals surface area contributed by atoms with Crippen molar-refractivity contribution in [3.05, 3.63) is 53.6 Å². The number of anilines is 2. The summed E-state index contributed by atoms with van der Waals surface area (Å²) < 4.78 is 26.9. The minimum atomic E-state index is -3.52. The second-order valence-corrected chi connectivity index (χ2v) is 9.41. The third-order valence-corrected chi connectivity index (χ3v) is 7.05. The average molecular weight is 422 g/mol. The number of hydrogen-bond donors (Lipinski definition) is 1. The number of carbonyl (C=O) groups excluding carboxylic acids is 1. The molecule has 1 amide bonds. The molecule has 0 atom stereocenters. The molecule has 0 radical (unpaired) electrons. The standard InChI is InChI=1S/C20H24ClN3O3S/c1-23(2)19-9-8-16(21)14-18(19)22-20(25)15-10-12-24(13-11-15)28(26,27)17-6-4-3-5-7-17/h3-9,14-15H,10-13H2,1-2H3,(H,22,25). The molecule has 3 rings (SSSR count). The van der Waals surface area contributed by atoms with Gasteiger partial charge in [0.05, 0.1) is 16.3 Å². The van der Waals surface area contributed by atoms with E-state index < -0.39 is 10.0 Å². The van der Waals surface area contributed by atoms with Crippen LogP contribution in [0.15, 0.2) is 53.4 Å². The number of carbonyl (C=O) groups is 1. The van der Waals surface area contributed by atoms with Gasteiger partial charge in [0.15, 0.2) is 0 Å². The Hall–Kier alpha value is -2.09. The number of rotatable bonds is 5. The number of hydrogen-bond acceptors (Lipinski definition) is 4. The fraction of sp³-hybridized carbons (Fsp3) is 0.350. The predicted molar refractivity (Wildman–Crippen MR) is 112 cm³/mol. The second-order valence-electron chi connectivity index (χ2n) is 7.04. The largest absolute Gasteiger partial charge is 0.376 e. The molecule has 0 aromatic heterocycles. The van der Waals surface area contributed by atoms with Gasteiger partial charge in [0.25, 0.3) is 0 Å². The van der Waals surface area contributed by atoms with Crippen molar-refractivity contribution in [2.75, 3.05) is 37.4 Å². The van der Waals surface area contributed by atoms with E-state index in [2.05, 4.69) is 5.32 Å². The third-order valence-electron chi connectivity index (χ3n) is 4.90. The summed E-state index contributed by atoms with van der Waals surface area (Å²) in [7, 11) is 0.273. The molecule has 1 aliphatic rings. The van der Waals surface area contributed by atoms with Crippen LogP contribution in [0.5, 0.6) is 0 Å². The summed E-state index contributed by atoms with van der Waals surface area (Å²) in [6, 6.07) is 13.7. The van der Waals surface area contributed by atoms with E-state index in [0.717, 1.165) is 5.69 Å². The topological polar surface area (TPSA) is 69.7 Å². The molecule has 0 unspecified atom stereocenters. The second kappa shape index (κ2) is 8.51. The first-order valence-electron chi connectivity index (χ1n) is 9.12. The minimum Gasteiger partial charge on any atom is -0.376 e. The quantitative estimate of drug-likeness (QED) is 0.802. The van der Waals surface area contributed by atoms with Crippen LogP contribution in [0.1, 0.15) is 12.8 Å². The van der Waals surface area contributed by atoms with Crippen molar-refractivity contribution in [2.24, 2.45) is 5.92 Å². The molecule has 1 fully saturated rings. The number of amides is 1. The Morgan fingerprint density at radius 1 is 1.11 bits per heavy atom. The molecular weight excluding hydrogens is 398 g/mol. The maximum atomic E-state index is 12.7. The molecule has 1 heterocycles. The van der Waals surface area contributed by atoms with Crippen LogP contribution in [0.2, 0.25) is 5.02 Å². The number of nitrogens with one attached hydrogen (secondary N) is 1. The summed E-state index contributed by atoms with van der Waals surface area (Å²) in [6.07, 6.45) is 0.964. The van der Waals surface area contributed by atoms with Gasteiger partial charge in [0.2, 0.25) is 15.9 Å². The van der Waals surface area contributed by atoms with Crippen LogP contribution < -0.4 is 10.2 Å². The Morgan fingerprint density at radius 2 is 1.75 bits per heavy atom. The zero-order valence-corrected chi connectivity index (χ0v) is 17.5. The zero-order valence-electron chi connectivity index (χ0n) is 15.9. The SMILES string of the molecule is CN(C)c1ccc(Cl)cc1NC(=O)C1CCN(S(=O)(=O)c2ccccc2)CC1. The lowest BCUT2D eigenvalue weighted by atomic mass is 9.97. The van der Waals surface area contributed by atoms with Crippen molar-refractivity contribution in [2.45, 2.75) is 17.7 Å². The normalized spacial score (nSPS) is 16.0. The van der Waals surface area contributed by atoms with E-state index in [0.29, 0.717) is 36.6 Å². The summed E-state index contributed by atoms with van der Waals surface area (Å²) in [4.78, 5) is 14.9. The Labute approximate surface area is 171 Å². The molecule has 0 saturated carbocycles. The van der Waals surface area contributed by atoms with Crippen LogP contribution in [0.3, 0.4) is 0 Å². The van der Waals surface area contributed by atoms with Crippen molar-refractivity contribution in [1.82, 2.24) is 4.31 Å². The van der Waals surface area contributed by atoms with Crippen LogP contribution in [0.25, 0.3) is 0 Å². The van der Waals surface area contributed by atoms with Crippen LogP contribution in [-0.4, -0.2) is 45.8 Å². The van der Waals surface area contributed by atoms with Gasteiger partial charge in [-0.1, -0.05) is 29.8 Å². The zero-order chi connectivity index (χ0) is 20.3. The van der Waals surface area contributed by atoms with Crippen molar-refractivity contribution in [3.63, 3.8) is 0 Å². The molecule has 6 nitrogen and oxygen atoms in total. The number of sulfonamides is 1. The molecular formula is C20H24ClN3O3S. The number of nitrogens with zero attached hydrogens (tertiary/aromatic N) is 2. The van der Waals surface area contributed by atoms with Gasteiger partial charge in [-0.15, -0.1) is 0 Å². The molecule has 0 aliphatic carbocycles. The van der Waals surface area contributed by atoms with E-state index in [4.69, 9.17) is 11.6 Å². The van der Waals surface area contributed by atoms with Gasteiger partial charge in [-0.2, -0.15) is 4.31 Å². The van der Waals surface area contributed by atoms with Crippen molar-refractivity contribution in [3.8, 4) is 0 Å². The Bertz CT molecular complexity index is 940. The summed E-state index contributed by atoms with van der Waals surface area (Å²) in [5, 5.41) is 3.50. The Kier molecular flexibility index (Phi) is 6.27. The monoisotopic (exact) mass is 421 g/mol. The Morgan fingerprint density at radius 3 is 2.36 bits per heavy atom. The summed E-state index contributed by atoms with van der Waals surface area (Å²) >= 11 is 6.08. The van der Waals surface area contributed by atoms with E-state index in [1.165, 1.54) is 4.31 Å². The van der Waals surface area contributed by atoms with Crippen molar-refractivity contribution >= 4 is 38.9 Å². The van der Waals surface area contributed by atoms with Crippen LogP contribution in [0.4, 0.5) is 11.4 Å². The molecule has 0 bridgehead atoms. The highest BCUT2D eigenvalue weighted by Crippen LogP contribution is 2.30. The van der Waals surface area contributed by atoms with Crippen molar-refractivity contribution < 1.29 is 13.2 Å². The van der Waals surface area contributed by atoms with E-state index >= 15 is 0 Å². The van der Waals surface area contributed by atoms with E-state index in [1.807, 2.05) is 25.1 Å².